The van der Waals surface area contributed by atoms with Crippen LogP contribution in [0.4, 0.5) is 4.39 Å². The predicted molar refractivity (Wildman–Crippen MR) is 67.7 cm³/mol. The van der Waals surface area contributed by atoms with Crippen molar-refractivity contribution in [3.63, 3.8) is 0 Å². The molecular weight excluding hydrogens is 239 g/mol. The summed E-state index contributed by atoms with van der Waals surface area (Å²) in [5.74, 6) is -0.409. The zero-order chi connectivity index (χ0) is 12.5. The molecule has 1 fully saturated rings. The standard InChI is InChI=1S/C14H18ClFO/c1-14(6-2-3-7-14)13(17)9-10-4-5-11(15)12(16)8-10/h4-5,8,13,17H,2-3,6-7,9H2,1H3. The van der Waals surface area contributed by atoms with Gasteiger partial charge in [-0.05, 0) is 42.4 Å². The van der Waals surface area contributed by atoms with Crippen molar-refractivity contribution in [2.75, 3.05) is 0 Å². The Kier molecular flexibility index (Phi) is 3.74. The van der Waals surface area contributed by atoms with E-state index in [9.17, 15) is 9.50 Å². The molecule has 0 aliphatic heterocycles. The average Bonchev–Trinajstić information content (AvgIpc) is 2.72. The van der Waals surface area contributed by atoms with Gasteiger partial charge in [-0.1, -0.05) is 37.4 Å². The molecule has 3 heteroatoms. The van der Waals surface area contributed by atoms with Crippen LogP contribution in [0.15, 0.2) is 18.2 Å². The minimum Gasteiger partial charge on any atom is -0.392 e. The maximum atomic E-state index is 13.3. The Balaban J connectivity index is 2.07. The fraction of sp³-hybridized carbons (Fsp3) is 0.571. The first-order valence-electron chi connectivity index (χ1n) is 6.13. The molecule has 1 unspecified atom stereocenters. The fourth-order valence-corrected chi connectivity index (χ4v) is 2.77. The summed E-state index contributed by atoms with van der Waals surface area (Å²) in [6.45, 7) is 2.12. The first-order chi connectivity index (χ1) is 8.01. The third kappa shape index (κ3) is 2.80. The van der Waals surface area contributed by atoms with E-state index in [0.717, 1.165) is 18.4 Å². The van der Waals surface area contributed by atoms with Crippen molar-refractivity contribution in [1.82, 2.24) is 0 Å². The van der Waals surface area contributed by atoms with Crippen LogP contribution >= 0.6 is 11.6 Å². The van der Waals surface area contributed by atoms with E-state index in [1.165, 1.54) is 18.9 Å². The van der Waals surface area contributed by atoms with Crippen LogP contribution in [0.3, 0.4) is 0 Å². The van der Waals surface area contributed by atoms with Crippen LogP contribution < -0.4 is 0 Å². The fourth-order valence-electron chi connectivity index (χ4n) is 2.65. The Labute approximate surface area is 107 Å². The molecular formula is C14H18ClFO. The van der Waals surface area contributed by atoms with Gasteiger partial charge < -0.3 is 5.11 Å². The highest BCUT2D eigenvalue weighted by Crippen LogP contribution is 2.41. The number of halogens is 2. The second kappa shape index (κ2) is 4.95. The molecule has 1 aromatic carbocycles. The SMILES string of the molecule is CC1(C(O)Cc2ccc(Cl)c(F)c2)CCCC1. The molecule has 1 aliphatic carbocycles. The lowest BCUT2D eigenvalue weighted by Gasteiger charge is -2.30. The molecule has 1 atom stereocenters. The van der Waals surface area contributed by atoms with Gasteiger partial charge in [0.25, 0.3) is 0 Å². The number of rotatable bonds is 3. The molecule has 0 aromatic heterocycles. The summed E-state index contributed by atoms with van der Waals surface area (Å²) in [6, 6.07) is 4.76. The number of benzene rings is 1. The Morgan fingerprint density at radius 1 is 1.41 bits per heavy atom. The van der Waals surface area contributed by atoms with E-state index in [1.807, 2.05) is 0 Å². The zero-order valence-electron chi connectivity index (χ0n) is 10.0. The summed E-state index contributed by atoms with van der Waals surface area (Å²) < 4.78 is 13.3. The van der Waals surface area contributed by atoms with Crippen molar-refractivity contribution in [2.24, 2.45) is 5.41 Å². The Bertz CT molecular complexity index is 399. The second-order valence-corrected chi connectivity index (χ2v) is 5.74. The predicted octanol–water partition coefficient (Wildman–Crippen LogP) is 3.96. The minimum absolute atomic E-state index is 0.00386. The smallest absolute Gasteiger partial charge is 0.142 e. The van der Waals surface area contributed by atoms with E-state index >= 15 is 0 Å². The lowest BCUT2D eigenvalue weighted by molar-refractivity contribution is 0.0423. The molecule has 0 saturated heterocycles. The van der Waals surface area contributed by atoms with Gasteiger partial charge in [0.2, 0.25) is 0 Å². The molecule has 0 heterocycles. The molecule has 1 nitrogen and oxygen atoms in total. The molecule has 1 saturated carbocycles. The van der Waals surface area contributed by atoms with E-state index in [0.29, 0.717) is 6.42 Å². The van der Waals surface area contributed by atoms with E-state index < -0.39 is 11.9 Å². The van der Waals surface area contributed by atoms with Crippen LogP contribution in [0, 0.1) is 11.2 Å². The van der Waals surface area contributed by atoms with Gasteiger partial charge in [-0.25, -0.2) is 4.39 Å². The van der Waals surface area contributed by atoms with Crippen LogP contribution in [0.2, 0.25) is 5.02 Å². The second-order valence-electron chi connectivity index (χ2n) is 5.33. The molecule has 1 N–H and O–H groups in total. The maximum absolute atomic E-state index is 13.3. The maximum Gasteiger partial charge on any atom is 0.142 e. The van der Waals surface area contributed by atoms with Crippen molar-refractivity contribution in [2.45, 2.75) is 45.1 Å². The lowest BCUT2D eigenvalue weighted by atomic mass is 9.80. The molecule has 1 aliphatic rings. The van der Waals surface area contributed by atoms with E-state index in [-0.39, 0.29) is 10.4 Å². The topological polar surface area (TPSA) is 20.2 Å². The Morgan fingerprint density at radius 2 is 2.06 bits per heavy atom. The van der Waals surface area contributed by atoms with Crippen LogP contribution in [0.1, 0.15) is 38.2 Å². The third-order valence-electron chi connectivity index (χ3n) is 3.96. The van der Waals surface area contributed by atoms with Gasteiger partial charge in [-0.15, -0.1) is 0 Å². The van der Waals surface area contributed by atoms with Gasteiger partial charge in [0.05, 0.1) is 11.1 Å². The normalized spacial score (nSPS) is 20.5. The van der Waals surface area contributed by atoms with Crippen LogP contribution in [0.25, 0.3) is 0 Å². The van der Waals surface area contributed by atoms with Gasteiger partial charge in [-0.3, -0.25) is 0 Å². The van der Waals surface area contributed by atoms with Crippen molar-refractivity contribution in [1.29, 1.82) is 0 Å². The van der Waals surface area contributed by atoms with Crippen molar-refractivity contribution in [3.8, 4) is 0 Å². The van der Waals surface area contributed by atoms with Crippen LogP contribution in [0.5, 0.6) is 0 Å². The highest BCUT2D eigenvalue weighted by Gasteiger charge is 2.35. The molecule has 0 radical (unpaired) electrons. The van der Waals surface area contributed by atoms with E-state index in [4.69, 9.17) is 11.6 Å². The van der Waals surface area contributed by atoms with Crippen LogP contribution in [-0.2, 0) is 6.42 Å². The first-order valence-corrected chi connectivity index (χ1v) is 6.51. The van der Waals surface area contributed by atoms with E-state index in [1.54, 1.807) is 12.1 Å². The van der Waals surface area contributed by atoms with Crippen molar-refractivity contribution >= 4 is 11.6 Å². The summed E-state index contributed by atoms with van der Waals surface area (Å²) in [4.78, 5) is 0. The van der Waals surface area contributed by atoms with Crippen molar-refractivity contribution < 1.29 is 9.50 Å². The summed E-state index contributed by atoms with van der Waals surface area (Å²) in [7, 11) is 0. The summed E-state index contributed by atoms with van der Waals surface area (Å²) in [6.07, 6.45) is 4.59. The Morgan fingerprint density at radius 3 is 2.65 bits per heavy atom. The van der Waals surface area contributed by atoms with Gasteiger partial charge in [0.1, 0.15) is 5.82 Å². The highest BCUT2D eigenvalue weighted by atomic mass is 35.5. The Hall–Kier alpha value is -0.600. The lowest BCUT2D eigenvalue weighted by Crippen LogP contribution is -2.31. The number of hydrogen-bond donors (Lipinski definition) is 1. The quantitative estimate of drug-likeness (QED) is 0.868. The molecule has 2 rings (SSSR count). The largest absolute Gasteiger partial charge is 0.392 e. The summed E-state index contributed by atoms with van der Waals surface area (Å²) >= 11 is 5.63. The van der Waals surface area contributed by atoms with Gasteiger partial charge >= 0.3 is 0 Å². The third-order valence-corrected chi connectivity index (χ3v) is 4.27. The average molecular weight is 257 g/mol. The minimum atomic E-state index is -0.409. The molecule has 1 aromatic rings. The van der Waals surface area contributed by atoms with E-state index in [2.05, 4.69) is 6.92 Å². The zero-order valence-corrected chi connectivity index (χ0v) is 10.8. The van der Waals surface area contributed by atoms with Gasteiger partial charge in [0.15, 0.2) is 0 Å². The molecule has 0 bridgehead atoms. The number of hydrogen-bond acceptors (Lipinski definition) is 1. The van der Waals surface area contributed by atoms with Crippen LogP contribution in [-0.4, -0.2) is 11.2 Å². The molecule has 17 heavy (non-hydrogen) atoms. The van der Waals surface area contributed by atoms with Gasteiger partial charge in [-0.2, -0.15) is 0 Å². The monoisotopic (exact) mass is 256 g/mol. The highest BCUT2D eigenvalue weighted by molar-refractivity contribution is 6.30. The van der Waals surface area contributed by atoms with Gasteiger partial charge in [0, 0.05) is 0 Å². The number of aliphatic hydroxyl groups excluding tert-OH is 1. The summed E-state index contributed by atoms with van der Waals surface area (Å²) in [5.41, 5.74) is 0.809. The first kappa shape index (κ1) is 12.8. The molecule has 0 spiro atoms. The van der Waals surface area contributed by atoms with Crippen molar-refractivity contribution in [3.05, 3.63) is 34.6 Å². The number of aliphatic hydroxyl groups is 1. The molecule has 0 amide bonds. The summed E-state index contributed by atoms with van der Waals surface area (Å²) in [5, 5.41) is 10.4. The molecule has 94 valence electrons.